The zero-order valence-electron chi connectivity index (χ0n) is 10.1. The molecule has 0 heterocycles. The number of nitrogens with two attached hydrogens (primary N) is 1. The molecule has 3 N–H and O–H groups in total. The van der Waals surface area contributed by atoms with Crippen molar-refractivity contribution in [1.82, 2.24) is 0 Å². The molecule has 6 heteroatoms. The molecule has 0 atom stereocenters. The molecule has 18 heavy (non-hydrogen) atoms. The van der Waals surface area contributed by atoms with Gasteiger partial charge in [0.2, 0.25) is 0 Å². The summed E-state index contributed by atoms with van der Waals surface area (Å²) >= 11 is 0. The molecule has 98 valence electrons. The first-order valence-corrected chi connectivity index (χ1v) is 6.02. The second kappa shape index (κ2) is 5.79. The van der Waals surface area contributed by atoms with Gasteiger partial charge in [-0.25, -0.2) is 0 Å². The second-order valence-corrected chi connectivity index (χ2v) is 4.53. The predicted octanol–water partition coefficient (Wildman–Crippen LogP) is 2.20. The summed E-state index contributed by atoms with van der Waals surface area (Å²) in [6.45, 7) is 1.03. The summed E-state index contributed by atoms with van der Waals surface area (Å²) in [4.78, 5) is 10.3. The maximum atomic E-state index is 10.7. The summed E-state index contributed by atoms with van der Waals surface area (Å²) in [5, 5.41) is 10.7. The smallest absolute Gasteiger partial charge is 0.269 e. The van der Waals surface area contributed by atoms with E-state index in [4.69, 9.17) is 10.6 Å². The van der Waals surface area contributed by atoms with Crippen molar-refractivity contribution in [3.05, 3.63) is 33.9 Å². The zero-order chi connectivity index (χ0) is 13.0. The highest BCUT2D eigenvalue weighted by atomic mass is 16.6. The van der Waals surface area contributed by atoms with Crippen LogP contribution in [0.15, 0.2) is 18.2 Å². The van der Waals surface area contributed by atoms with Gasteiger partial charge in [0.15, 0.2) is 0 Å². The van der Waals surface area contributed by atoms with Crippen LogP contribution in [0.3, 0.4) is 0 Å². The lowest BCUT2D eigenvalue weighted by Crippen LogP contribution is -2.10. The summed E-state index contributed by atoms with van der Waals surface area (Å²) in [7, 11) is 0. The molecule has 0 unspecified atom stereocenters. The van der Waals surface area contributed by atoms with Gasteiger partial charge >= 0.3 is 0 Å². The van der Waals surface area contributed by atoms with Gasteiger partial charge < -0.3 is 10.2 Å². The lowest BCUT2D eigenvalue weighted by atomic mass is 10.1. The van der Waals surface area contributed by atoms with Gasteiger partial charge in [-0.2, -0.15) is 0 Å². The summed E-state index contributed by atoms with van der Waals surface area (Å²) in [5.74, 6) is 6.19. The lowest BCUT2D eigenvalue weighted by molar-refractivity contribution is -0.384. The largest absolute Gasteiger partial charge is 0.377 e. The molecule has 0 bridgehead atoms. The molecule has 1 saturated carbocycles. The maximum Gasteiger partial charge on any atom is 0.269 e. The molecule has 0 aromatic heterocycles. The third kappa shape index (κ3) is 3.41. The highest BCUT2D eigenvalue weighted by molar-refractivity contribution is 5.55. The van der Waals surface area contributed by atoms with Crippen molar-refractivity contribution in [1.29, 1.82) is 0 Å². The van der Waals surface area contributed by atoms with E-state index in [0.29, 0.717) is 24.5 Å². The minimum absolute atomic E-state index is 0.0507. The topological polar surface area (TPSA) is 90.4 Å². The molecule has 1 aromatic rings. The van der Waals surface area contributed by atoms with E-state index in [2.05, 4.69) is 5.43 Å². The highest BCUT2D eigenvalue weighted by Gasteiger charge is 2.20. The van der Waals surface area contributed by atoms with Crippen LogP contribution in [-0.2, 0) is 11.3 Å². The van der Waals surface area contributed by atoms with Crippen molar-refractivity contribution in [2.24, 2.45) is 11.8 Å². The molecule has 1 aromatic carbocycles. The van der Waals surface area contributed by atoms with E-state index >= 15 is 0 Å². The summed E-state index contributed by atoms with van der Waals surface area (Å²) in [5.41, 5.74) is 3.94. The Hall–Kier alpha value is -1.66. The van der Waals surface area contributed by atoms with Crippen LogP contribution >= 0.6 is 0 Å². The summed E-state index contributed by atoms with van der Waals surface area (Å²) in [6.07, 6.45) is 3.67. The van der Waals surface area contributed by atoms with Crippen molar-refractivity contribution in [2.75, 3.05) is 12.0 Å². The number of nitrogen functional groups attached to an aromatic ring is 1. The van der Waals surface area contributed by atoms with Crippen LogP contribution in [0.2, 0.25) is 0 Å². The Morgan fingerprint density at radius 2 is 2.28 bits per heavy atom. The first-order valence-electron chi connectivity index (χ1n) is 6.02. The van der Waals surface area contributed by atoms with Crippen molar-refractivity contribution in [2.45, 2.75) is 25.9 Å². The molecule has 1 aliphatic rings. The van der Waals surface area contributed by atoms with Gasteiger partial charge in [-0.1, -0.05) is 12.8 Å². The standard InChI is InChI=1S/C12H17N3O3/c13-14-12-4-3-11(15(16)17)7-10(12)8-18-6-5-9-1-2-9/h3-4,7,9,14H,1-2,5-6,8,13H2. The van der Waals surface area contributed by atoms with E-state index in [-0.39, 0.29) is 5.69 Å². The Morgan fingerprint density at radius 1 is 1.50 bits per heavy atom. The molecule has 6 nitrogen and oxygen atoms in total. The number of ether oxygens (including phenoxy) is 1. The Labute approximate surface area is 105 Å². The number of nitro benzene ring substituents is 1. The number of benzene rings is 1. The Balaban J connectivity index is 1.94. The molecular formula is C12H17N3O3. The number of rotatable bonds is 7. The average Bonchev–Trinajstić information content (AvgIpc) is 3.18. The van der Waals surface area contributed by atoms with Crippen LogP contribution in [0.5, 0.6) is 0 Å². The summed E-state index contributed by atoms with van der Waals surface area (Å²) in [6, 6.07) is 4.51. The number of nitrogens with one attached hydrogen (secondary N) is 1. The van der Waals surface area contributed by atoms with Crippen LogP contribution in [0, 0.1) is 16.0 Å². The first kappa shape index (κ1) is 12.8. The monoisotopic (exact) mass is 251 g/mol. The summed E-state index contributed by atoms with van der Waals surface area (Å²) < 4.78 is 5.53. The molecule has 0 saturated heterocycles. The molecule has 1 fully saturated rings. The van der Waals surface area contributed by atoms with Crippen LogP contribution in [0.1, 0.15) is 24.8 Å². The highest BCUT2D eigenvalue weighted by Crippen LogP contribution is 2.32. The van der Waals surface area contributed by atoms with Gasteiger partial charge in [0.05, 0.1) is 17.2 Å². The first-order chi connectivity index (χ1) is 8.70. The van der Waals surface area contributed by atoms with Gasteiger partial charge in [-0.3, -0.25) is 16.0 Å². The number of non-ortho nitro benzene ring substituents is 1. The van der Waals surface area contributed by atoms with E-state index in [9.17, 15) is 10.1 Å². The fourth-order valence-electron chi connectivity index (χ4n) is 1.79. The van der Waals surface area contributed by atoms with E-state index < -0.39 is 4.92 Å². The third-order valence-electron chi connectivity index (χ3n) is 3.08. The lowest BCUT2D eigenvalue weighted by Gasteiger charge is -2.09. The zero-order valence-corrected chi connectivity index (χ0v) is 10.1. The molecular weight excluding hydrogens is 234 g/mol. The molecule has 1 aliphatic carbocycles. The minimum Gasteiger partial charge on any atom is -0.377 e. The SMILES string of the molecule is NNc1ccc([N+](=O)[O-])cc1COCCC1CC1. The Bertz CT molecular complexity index is 433. The van der Waals surface area contributed by atoms with Gasteiger partial charge in [0.25, 0.3) is 5.69 Å². The van der Waals surface area contributed by atoms with Crippen LogP contribution < -0.4 is 11.3 Å². The number of hydrogen-bond donors (Lipinski definition) is 2. The number of nitro groups is 1. The van der Waals surface area contributed by atoms with Gasteiger partial charge in [0, 0.05) is 24.3 Å². The number of nitrogens with zero attached hydrogens (tertiary/aromatic N) is 1. The quantitative estimate of drug-likeness (QED) is 0.335. The molecule has 0 radical (unpaired) electrons. The van der Waals surface area contributed by atoms with Crippen molar-refractivity contribution < 1.29 is 9.66 Å². The van der Waals surface area contributed by atoms with Crippen LogP contribution in [0.25, 0.3) is 0 Å². The van der Waals surface area contributed by atoms with E-state index in [1.165, 1.54) is 25.0 Å². The Kier molecular flexibility index (Phi) is 4.11. The normalized spacial score (nSPS) is 14.5. The van der Waals surface area contributed by atoms with Crippen LogP contribution in [-0.4, -0.2) is 11.5 Å². The minimum atomic E-state index is -0.423. The number of hydrazine groups is 1. The molecule has 0 amide bonds. The van der Waals surface area contributed by atoms with E-state index in [1.807, 2.05) is 0 Å². The number of anilines is 1. The predicted molar refractivity (Wildman–Crippen MR) is 67.9 cm³/mol. The number of hydrogen-bond acceptors (Lipinski definition) is 5. The average molecular weight is 251 g/mol. The van der Waals surface area contributed by atoms with Gasteiger partial charge in [0.1, 0.15) is 0 Å². The Morgan fingerprint density at radius 3 is 2.89 bits per heavy atom. The van der Waals surface area contributed by atoms with Crippen molar-refractivity contribution in [3.63, 3.8) is 0 Å². The fourth-order valence-corrected chi connectivity index (χ4v) is 1.79. The fraction of sp³-hybridized carbons (Fsp3) is 0.500. The van der Waals surface area contributed by atoms with E-state index in [0.717, 1.165) is 12.3 Å². The van der Waals surface area contributed by atoms with Gasteiger partial charge in [-0.05, 0) is 18.4 Å². The van der Waals surface area contributed by atoms with Crippen LogP contribution in [0.4, 0.5) is 11.4 Å². The molecule has 0 spiro atoms. The van der Waals surface area contributed by atoms with E-state index in [1.54, 1.807) is 6.07 Å². The molecule has 2 rings (SSSR count). The van der Waals surface area contributed by atoms with Crippen molar-refractivity contribution in [3.8, 4) is 0 Å². The third-order valence-corrected chi connectivity index (χ3v) is 3.08. The van der Waals surface area contributed by atoms with Crippen molar-refractivity contribution >= 4 is 11.4 Å². The molecule has 0 aliphatic heterocycles. The maximum absolute atomic E-state index is 10.7. The van der Waals surface area contributed by atoms with Gasteiger partial charge in [-0.15, -0.1) is 0 Å². The second-order valence-electron chi connectivity index (χ2n) is 4.53.